The van der Waals surface area contributed by atoms with Crippen molar-refractivity contribution in [1.29, 1.82) is 0 Å². The van der Waals surface area contributed by atoms with Gasteiger partial charge in [-0.3, -0.25) is 14.9 Å². The van der Waals surface area contributed by atoms with Crippen molar-refractivity contribution in [2.45, 2.75) is 13.0 Å². The smallest absolute Gasteiger partial charge is 0.286 e. The molecule has 0 fully saturated rings. The van der Waals surface area contributed by atoms with Gasteiger partial charge in [-0.25, -0.2) is 0 Å². The molecule has 9 nitrogen and oxygen atoms in total. The molecule has 0 aliphatic carbocycles. The number of hydrogen-bond acceptors (Lipinski definition) is 7. The minimum absolute atomic E-state index is 0.0629. The van der Waals surface area contributed by atoms with Gasteiger partial charge < -0.3 is 24.6 Å². The lowest BCUT2D eigenvalue weighted by molar-refractivity contribution is -0.385. The van der Waals surface area contributed by atoms with Crippen LogP contribution in [0.3, 0.4) is 0 Å². The third kappa shape index (κ3) is 5.66. The molecule has 29 heavy (non-hydrogen) atoms. The zero-order chi connectivity index (χ0) is 21.4. The van der Waals surface area contributed by atoms with E-state index in [9.17, 15) is 14.9 Å². The number of nitrogens with one attached hydrogen (secondary N) is 1. The summed E-state index contributed by atoms with van der Waals surface area (Å²) in [7, 11) is 2.73. The average Bonchev–Trinajstić information content (AvgIpc) is 2.73. The van der Waals surface area contributed by atoms with Crippen LogP contribution in [0.1, 0.15) is 27.6 Å². The normalized spacial score (nSPS) is 11.6. The number of rotatable bonds is 10. The summed E-state index contributed by atoms with van der Waals surface area (Å²) in [5.74, 6) is -0.295. The lowest BCUT2D eigenvalue weighted by Crippen LogP contribution is -2.30. The molecular formula is C20H24N2O7. The number of carbonyl (C=O) groups is 1. The minimum Gasteiger partial charge on any atom is -0.493 e. The molecule has 156 valence electrons. The Morgan fingerprint density at radius 2 is 1.79 bits per heavy atom. The Kier molecular flexibility index (Phi) is 7.93. The van der Waals surface area contributed by atoms with Gasteiger partial charge in [-0.1, -0.05) is 29.8 Å². The fraction of sp³-hybridized carbons (Fsp3) is 0.350. The van der Waals surface area contributed by atoms with Crippen molar-refractivity contribution >= 4 is 11.6 Å². The first-order valence-corrected chi connectivity index (χ1v) is 8.88. The third-order valence-corrected chi connectivity index (χ3v) is 4.25. The van der Waals surface area contributed by atoms with Crippen LogP contribution in [0.5, 0.6) is 11.5 Å². The zero-order valence-corrected chi connectivity index (χ0v) is 16.5. The number of hydrogen-bond donors (Lipinski definition) is 2. The number of aryl methyl sites for hydroxylation is 1. The van der Waals surface area contributed by atoms with E-state index in [4.69, 9.17) is 19.3 Å². The van der Waals surface area contributed by atoms with E-state index in [-0.39, 0.29) is 36.8 Å². The molecule has 0 radical (unpaired) electrons. The van der Waals surface area contributed by atoms with Gasteiger partial charge in [0.05, 0.1) is 44.5 Å². The van der Waals surface area contributed by atoms with Gasteiger partial charge in [0.2, 0.25) is 0 Å². The van der Waals surface area contributed by atoms with Gasteiger partial charge >= 0.3 is 0 Å². The van der Waals surface area contributed by atoms with Crippen LogP contribution < -0.4 is 14.8 Å². The van der Waals surface area contributed by atoms with E-state index in [0.29, 0.717) is 0 Å². The second kappa shape index (κ2) is 10.4. The Bertz CT molecular complexity index is 853. The van der Waals surface area contributed by atoms with Crippen LogP contribution in [-0.2, 0) is 4.74 Å². The number of amides is 1. The van der Waals surface area contributed by atoms with Gasteiger partial charge in [0.1, 0.15) is 5.56 Å². The molecule has 0 aromatic heterocycles. The van der Waals surface area contributed by atoms with E-state index in [0.717, 1.165) is 17.2 Å². The van der Waals surface area contributed by atoms with E-state index in [2.05, 4.69) is 5.32 Å². The summed E-state index contributed by atoms with van der Waals surface area (Å²) in [5, 5.41) is 23.1. The minimum atomic E-state index is -0.656. The Hall–Kier alpha value is -3.17. The number of nitro groups is 1. The monoisotopic (exact) mass is 404 g/mol. The first kappa shape index (κ1) is 22.1. The SMILES string of the molecule is COc1cc(C(=O)NCC(OCCO)c2ccc(C)cc2)c([N+](=O)[O-])cc1OC. The van der Waals surface area contributed by atoms with Crippen LogP contribution in [0.4, 0.5) is 5.69 Å². The molecule has 0 bridgehead atoms. The predicted octanol–water partition coefficient (Wildman–Crippen LogP) is 2.40. The number of methoxy groups -OCH3 is 2. The van der Waals surface area contributed by atoms with Crippen molar-refractivity contribution in [2.75, 3.05) is 34.0 Å². The summed E-state index contributed by atoms with van der Waals surface area (Å²) in [6.07, 6.45) is -0.522. The molecular weight excluding hydrogens is 380 g/mol. The van der Waals surface area contributed by atoms with Crippen molar-refractivity contribution < 1.29 is 29.0 Å². The molecule has 1 atom stereocenters. The van der Waals surface area contributed by atoms with Crippen LogP contribution in [0.2, 0.25) is 0 Å². The summed E-state index contributed by atoms with van der Waals surface area (Å²) >= 11 is 0. The van der Waals surface area contributed by atoms with Gasteiger partial charge in [0, 0.05) is 12.6 Å². The Morgan fingerprint density at radius 3 is 2.34 bits per heavy atom. The second-order valence-electron chi connectivity index (χ2n) is 6.19. The van der Waals surface area contributed by atoms with Gasteiger partial charge in [0.25, 0.3) is 11.6 Å². The number of aliphatic hydroxyl groups excluding tert-OH is 1. The molecule has 0 saturated heterocycles. The number of aliphatic hydroxyl groups is 1. The first-order chi connectivity index (χ1) is 13.9. The van der Waals surface area contributed by atoms with Crippen LogP contribution in [0.25, 0.3) is 0 Å². The third-order valence-electron chi connectivity index (χ3n) is 4.25. The fourth-order valence-corrected chi connectivity index (χ4v) is 2.73. The van der Waals surface area contributed by atoms with Crippen LogP contribution in [0, 0.1) is 17.0 Å². The lowest BCUT2D eigenvalue weighted by Gasteiger charge is -2.19. The highest BCUT2D eigenvalue weighted by Crippen LogP contribution is 2.34. The summed E-state index contributed by atoms with van der Waals surface area (Å²) in [5.41, 5.74) is 1.33. The van der Waals surface area contributed by atoms with E-state index in [1.807, 2.05) is 31.2 Å². The molecule has 2 N–H and O–H groups in total. The summed E-state index contributed by atoms with van der Waals surface area (Å²) in [6, 6.07) is 9.96. The van der Waals surface area contributed by atoms with Crippen molar-refractivity contribution in [1.82, 2.24) is 5.32 Å². The van der Waals surface area contributed by atoms with E-state index >= 15 is 0 Å². The predicted molar refractivity (Wildman–Crippen MR) is 105 cm³/mol. The van der Waals surface area contributed by atoms with E-state index in [1.54, 1.807) is 0 Å². The van der Waals surface area contributed by atoms with Gasteiger partial charge in [0.15, 0.2) is 11.5 Å². The highest BCUT2D eigenvalue weighted by atomic mass is 16.6. The number of nitrogens with zero attached hydrogens (tertiary/aromatic N) is 1. The average molecular weight is 404 g/mol. The van der Waals surface area contributed by atoms with Crippen molar-refractivity contribution in [3.05, 3.63) is 63.2 Å². The lowest BCUT2D eigenvalue weighted by atomic mass is 10.1. The Balaban J connectivity index is 2.24. The molecule has 2 aromatic rings. The van der Waals surface area contributed by atoms with E-state index < -0.39 is 22.6 Å². The number of ether oxygens (including phenoxy) is 3. The van der Waals surface area contributed by atoms with Crippen LogP contribution in [-0.4, -0.2) is 49.9 Å². The zero-order valence-electron chi connectivity index (χ0n) is 16.5. The first-order valence-electron chi connectivity index (χ1n) is 8.88. The molecule has 2 rings (SSSR count). The quantitative estimate of drug-likeness (QED) is 0.461. The van der Waals surface area contributed by atoms with Crippen molar-refractivity contribution in [3.8, 4) is 11.5 Å². The maximum Gasteiger partial charge on any atom is 0.286 e. The highest BCUT2D eigenvalue weighted by molar-refractivity contribution is 5.99. The summed E-state index contributed by atoms with van der Waals surface area (Å²) in [6.45, 7) is 1.93. The largest absolute Gasteiger partial charge is 0.493 e. The molecule has 1 unspecified atom stereocenters. The van der Waals surface area contributed by atoms with Gasteiger partial charge in [-0.2, -0.15) is 0 Å². The topological polar surface area (TPSA) is 120 Å². The fourth-order valence-electron chi connectivity index (χ4n) is 2.73. The molecule has 0 saturated carbocycles. The van der Waals surface area contributed by atoms with Crippen LogP contribution in [0.15, 0.2) is 36.4 Å². The van der Waals surface area contributed by atoms with Crippen molar-refractivity contribution in [3.63, 3.8) is 0 Å². The Morgan fingerprint density at radius 1 is 1.17 bits per heavy atom. The molecule has 2 aromatic carbocycles. The Labute approximate surface area is 168 Å². The second-order valence-corrected chi connectivity index (χ2v) is 6.19. The molecule has 0 spiro atoms. The number of benzene rings is 2. The standard InChI is InChI=1S/C20H24N2O7/c1-13-4-6-14(7-5-13)19(29-9-8-23)12-21-20(24)15-10-17(27-2)18(28-3)11-16(15)22(25)26/h4-7,10-11,19,23H,8-9,12H2,1-3H3,(H,21,24). The number of carbonyl (C=O) groups excluding carboxylic acids is 1. The maximum absolute atomic E-state index is 12.7. The van der Waals surface area contributed by atoms with E-state index in [1.165, 1.54) is 20.3 Å². The highest BCUT2D eigenvalue weighted by Gasteiger charge is 2.25. The number of nitro benzene ring substituents is 1. The van der Waals surface area contributed by atoms with Gasteiger partial charge in [-0.15, -0.1) is 0 Å². The summed E-state index contributed by atoms with van der Waals surface area (Å²) in [4.78, 5) is 23.4. The molecule has 0 heterocycles. The molecule has 0 aliphatic heterocycles. The van der Waals surface area contributed by atoms with Crippen LogP contribution >= 0.6 is 0 Å². The van der Waals surface area contributed by atoms with Crippen molar-refractivity contribution in [2.24, 2.45) is 0 Å². The maximum atomic E-state index is 12.7. The summed E-state index contributed by atoms with van der Waals surface area (Å²) < 4.78 is 15.8. The van der Waals surface area contributed by atoms with Gasteiger partial charge in [-0.05, 0) is 12.5 Å². The molecule has 9 heteroatoms. The molecule has 1 amide bonds. The molecule has 0 aliphatic rings.